The topological polar surface area (TPSA) is 4.93 Å². The molecule has 1 aromatic rings. The van der Waals surface area contributed by atoms with Gasteiger partial charge >= 0.3 is 0 Å². The van der Waals surface area contributed by atoms with Crippen molar-refractivity contribution in [3.63, 3.8) is 0 Å². The number of hydrogen-bond donors (Lipinski definition) is 0. The molecule has 35 heavy (non-hydrogen) atoms. The zero-order valence-electron chi connectivity index (χ0n) is 24.8. The lowest BCUT2D eigenvalue weighted by Gasteiger charge is -2.20. The summed E-state index contributed by atoms with van der Waals surface area (Å²) in [5, 5.41) is 0. The van der Waals surface area contributed by atoms with Gasteiger partial charge in [-0.15, -0.1) is 0 Å². The van der Waals surface area contributed by atoms with Crippen LogP contribution in [0.1, 0.15) is 199 Å². The Balaban J connectivity index is 2.72. The van der Waals surface area contributed by atoms with Crippen molar-refractivity contribution in [3.8, 4) is 0 Å². The van der Waals surface area contributed by atoms with Gasteiger partial charge in [-0.25, -0.2) is 0 Å². The predicted octanol–water partition coefficient (Wildman–Crippen LogP) is 12.6. The van der Waals surface area contributed by atoms with E-state index in [0.29, 0.717) is 0 Å². The van der Waals surface area contributed by atoms with Crippen molar-refractivity contribution in [2.45, 2.75) is 194 Å². The van der Waals surface area contributed by atoms with Crippen LogP contribution >= 0.6 is 0 Å². The Kier molecular flexibility index (Phi) is 21.8. The lowest BCUT2D eigenvalue weighted by Crippen LogP contribution is -2.08. The van der Waals surface area contributed by atoms with E-state index in [1.54, 1.807) is 5.56 Å². The van der Waals surface area contributed by atoms with Crippen LogP contribution in [0.25, 0.3) is 0 Å². The molecule has 0 saturated carbocycles. The average Bonchev–Trinajstić information content (AvgIpc) is 3.35. The minimum absolute atomic E-state index is 0.724. The van der Waals surface area contributed by atoms with Crippen LogP contribution in [0.15, 0.2) is 18.5 Å². The zero-order valence-corrected chi connectivity index (χ0v) is 24.8. The molecule has 0 bridgehead atoms. The van der Waals surface area contributed by atoms with Gasteiger partial charge in [-0.3, -0.25) is 0 Å². The van der Waals surface area contributed by atoms with Crippen molar-refractivity contribution >= 4 is 0 Å². The Labute approximate surface area is 222 Å². The number of unbranched alkanes of at least 4 members (excludes halogenated alkanes) is 16. The van der Waals surface area contributed by atoms with Crippen LogP contribution in [-0.4, -0.2) is 4.57 Å². The van der Waals surface area contributed by atoms with Crippen molar-refractivity contribution in [2.75, 3.05) is 0 Å². The molecule has 0 aliphatic rings. The fourth-order valence-corrected chi connectivity index (χ4v) is 5.77. The number of rotatable bonds is 26. The second-order valence-corrected chi connectivity index (χ2v) is 11.6. The van der Waals surface area contributed by atoms with Gasteiger partial charge in [-0.05, 0) is 43.2 Å². The molecule has 0 amide bonds. The first-order valence-corrected chi connectivity index (χ1v) is 16.4. The van der Waals surface area contributed by atoms with Gasteiger partial charge in [-0.2, -0.15) is 0 Å². The van der Waals surface area contributed by atoms with Crippen molar-refractivity contribution in [2.24, 2.45) is 0 Å². The third-order valence-electron chi connectivity index (χ3n) is 8.22. The molecule has 0 aliphatic heterocycles. The van der Waals surface area contributed by atoms with E-state index in [2.05, 4.69) is 50.7 Å². The van der Waals surface area contributed by atoms with Gasteiger partial charge in [0.1, 0.15) is 0 Å². The molecule has 0 saturated heterocycles. The van der Waals surface area contributed by atoms with Gasteiger partial charge in [-0.1, -0.05) is 156 Å². The van der Waals surface area contributed by atoms with Gasteiger partial charge in [0.15, 0.2) is 0 Å². The first-order valence-electron chi connectivity index (χ1n) is 16.4. The van der Waals surface area contributed by atoms with Crippen molar-refractivity contribution < 1.29 is 0 Å². The van der Waals surface area contributed by atoms with Gasteiger partial charge in [0.25, 0.3) is 0 Å². The summed E-state index contributed by atoms with van der Waals surface area (Å²) in [5.41, 5.74) is 1.65. The Morgan fingerprint density at radius 1 is 0.486 bits per heavy atom. The molecule has 1 heterocycles. The summed E-state index contributed by atoms with van der Waals surface area (Å²) in [6, 6.07) is 3.23. The van der Waals surface area contributed by atoms with Gasteiger partial charge in [0.2, 0.25) is 0 Å². The molecule has 1 aromatic heterocycles. The second-order valence-electron chi connectivity index (χ2n) is 11.6. The van der Waals surface area contributed by atoms with Crippen LogP contribution in [0.3, 0.4) is 0 Å². The van der Waals surface area contributed by atoms with Crippen LogP contribution in [0, 0.1) is 0 Å². The number of aromatic nitrogens is 1. The molecule has 1 rings (SSSR count). The fourth-order valence-electron chi connectivity index (χ4n) is 5.77. The highest BCUT2D eigenvalue weighted by atomic mass is 15.0. The molecule has 1 heteroatoms. The van der Waals surface area contributed by atoms with E-state index < -0.39 is 0 Å². The molecule has 0 aromatic carbocycles. The van der Waals surface area contributed by atoms with Crippen LogP contribution in [0.2, 0.25) is 0 Å². The minimum atomic E-state index is 0.724. The molecular formula is C34H65N. The largest absolute Gasteiger partial charge is 0.351 e. The molecule has 1 nitrogen and oxygen atoms in total. The summed E-state index contributed by atoms with van der Waals surface area (Å²) in [4.78, 5) is 0. The fraction of sp³-hybridized carbons (Fsp3) is 0.882. The SMILES string of the molecule is CCCCCCCC(CCCCCCC)c1ccn(C(CCCCCCC)CCCCCCC)c1. The molecule has 0 radical (unpaired) electrons. The van der Waals surface area contributed by atoms with Crippen LogP contribution in [0.4, 0.5) is 0 Å². The highest BCUT2D eigenvalue weighted by Gasteiger charge is 2.16. The first kappa shape index (κ1) is 32.3. The molecule has 0 unspecified atom stereocenters. The molecule has 0 fully saturated rings. The lowest BCUT2D eigenvalue weighted by atomic mass is 9.89. The Bertz CT molecular complexity index is 470. The van der Waals surface area contributed by atoms with Crippen molar-refractivity contribution in [1.82, 2.24) is 4.57 Å². The quantitative estimate of drug-likeness (QED) is 0.114. The summed E-state index contributed by atoms with van der Waals surface area (Å²) >= 11 is 0. The summed E-state index contributed by atoms with van der Waals surface area (Å²) < 4.78 is 2.65. The Hall–Kier alpha value is -0.720. The standard InChI is InChI=1S/C34H65N/c1-5-9-13-17-21-25-32(26-22-18-14-10-6-2)33-29-30-35(31-33)34(27-23-19-15-11-7-3)28-24-20-16-12-8-4/h29-32,34H,5-28H2,1-4H3. The summed E-state index contributed by atoms with van der Waals surface area (Å²) in [6.45, 7) is 9.30. The third-order valence-corrected chi connectivity index (χ3v) is 8.22. The molecule has 0 spiro atoms. The summed E-state index contributed by atoms with van der Waals surface area (Å²) in [7, 11) is 0. The van der Waals surface area contributed by atoms with E-state index in [-0.39, 0.29) is 0 Å². The zero-order chi connectivity index (χ0) is 25.4. The van der Waals surface area contributed by atoms with E-state index in [9.17, 15) is 0 Å². The summed E-state index contributed by atoms with van der Waals surface area (Å²) in [5.74, 6) is 0.786. The third kappa shape index (κ3) is 16.6. The Morgan fingerprint density at radius 2 is 0.857 bits per heavy atom. The minimum Gasteiger partial charge on any atom is -0.351 e. The maximum atomic E-state index is 2.65. The maximum Gasteiger partial charge on any atom is 0.0330 e. The van der Waals surface area contributed by atoms with Crippen LogP contribution < -0.4 is 0 Å². The second kappa shape index (κ2) is 23.7. The summed E-state index contributed by atoms with van der Waals surface area (Å²) in [6.07, 6.45) is 38.7. The normalized spacial score (nSPS) is 11.8. The van der Waals surface area contributed by atoms with Crippen LogP contribution in [0.5, 0.6) is 0 Å². The highest BCUT2D eigenvalue weighted by Crippen LogP contribution is 2.32. The number of nitrogens with zero attached hydrogens (tertiary/aromatic N) is 1. The molecular weight excluding hydrogens is 422 g/mol. The predicted molar refractivity (Wildman–Crippen MR) is 160 cm³/mol. The Morgan fingerprint density at radius 3 is 1.26 bits per heavy atom. The first-order chi connectivity index (χ1) is 17.3. The monoisotopic (exact) mass is 488 g/mol. The van der Waals surface area contributed by atoms with E-state index in [4.69, 9.17) is 0 Å². The molecule has 0 N–H and O–H groups in total. The van der Waals surface area contributed by atoms with Gasteiger partial charge in [0.05, 0.1) is 0 Å². The van der Waals surface area contributed by atoms with E-state index in [1.165, 1.54) is 154 Å². The van der Waals surface area contributed by atoms with Crippen molar-refractivity contribution in [3.05, 3.63) is 24.0 Å². The lowest BCUT2D eigenvalue weighted by molar-refractivity contribution is 0.394. The number of hydrogen-bond acceptors (Lipinski definition) is 0. The van der Waals surface area contributed by atoms with Crippen molar-refractivity contribution in [1.29, 1.82) is 0 Å². The maximum absolute atomic E-state index is 2.65. The van der Waals surface area contributed by atoms with Gasteiger partial charge < -0.3 is 4.57 Å². The molecule has 0 aliphatic carbocycles. The van der Waals surface area contributed by atoms with Crippen LogP contribution in [-0.2, 0) is 0 Å². The van der Waals surface area contributed by atoms with E-state index >= 15 is 0 Å². The molecule has 206 valence electrons. The van der Waals surface area contributed by atoms with E-state index in [0.717, 1.165) is 12.0 Å². The average molecular weight is 488 g/mol. The van der Waals surface area contributed by atoms with E-state index in [1.807, 2.05) is 0 Å². The highest BCUT2D eigenvalue weighted by molar-refractivity contribution is 5.17. The van der Waals surface area contributed by atoms with Gasteiger partial charge in [0, 0.05) is 18.4 Å². The smallest absolute Gasteiger partial charge is 0.0330 e. The molecule has 0 atom stereocenters.